The molecule has 0 spiro atoms. The minimum atomic E-state index is -0.583. The van der Waals surface area contributed by atoms with Crippen LogP contribution in [-0.4, -0.2) is 54.9 Å². The van der Waals surface area contributed by atoms with Gasteiger partial charge in [0.15, 0.2) is 6.29 Å². The Kier molecular flexibility index (Phi) is 12.5. The molecule has 276 valence electrons. The number of likely N-dealkylation sites (N-methyl/N-ethyl adjacent to an activating group) is 1. The number of carbonyl (C=O) groups excluding carboxylic acids is 2. The molecule has 9 nitrogen and oxygen atoms in total. The Balaban J connectivity index is 1.17. The Morgan fingerprint density at radius 1 is 0.811 bits per heavy atom. The smallest absolute Gasteiger partial charge is 0.325 e. The third kappa shape index (κ3) is 9.49. The highest BCUT2D eigenvalue weighted by Gasteiger charge is 2.39. The van der Waals surface area contributed by atoms with E-state index in [0.717, 1.165) is 33.4 Å². The zero-order valence-electron chi connectivity index (χ0n) is 30.8. The van der Waals surface area contributed by atoms with Crippen LogP contribution < -0.4 is 10.6 Å². The Morgan fingerprint density at radius 2 is 1.55 bits per heavy atom. The molecule has 9 heteroatoms. The van der Waals surface area contributed by atoms with Gasteiger partial charge in [-0.2, -0.15) is 0 Å². The first-order valence-electron chi connectivity index (χ1n) is 18.3. The number of urea groups is 1. The van der Waals surface area contributed by atoms with Crippen LogP contribution in [0.1, 0.15) is 67.0 Å². The Morgan fingerprint density at radius 3 is 2.28 bits per heavy atom. The van der Waals surface area contributed by atoms with E-state index in [0.29, 0.717) is 13.1 Å². The van der Waals surface area contributed by atoms with E-state index in [1.807, 2.05) is 60.7 Å². The van der Waals surface area contributed by atoms with Gasteiger partial charge in [0, 0.05) is 30.6 Å². The molecule has 1 fully saturated rings. The van der Waals surface area contributed by atoms with Crippen molar-refractivity contribution < 1.29 is 28.9 Å². The van der Waals surface area contributed by atoms with E-state index in [2.05, 4.69) is 91.0 Å². The van der Waals surface area contributed by atoms with Crippen LogP contribution in [0.3, 0.4) is 0 Å². The molecule has 0 bridgehead atoms. The lowest BCUT2D eigenvalue weighted by Gasteiger charge is -2.43. The summed E-state index contributed by atoms with van der Waals surface area (Å²) in [5, 5.41) is 17.4. The Hall–Kier alpha value is -5.06. The maximum atomic E-state index is 12.2. The van der Waals surface area contributed by atoms with Gasteiger partial charge < -0.3 is 30.0 Å². The van der Waals surface area contributed by atoms with Crippen molar-refractivity contribution in [3.05, 3.63) is 143 Å². The number of carbonyl (C=O) groups is 2. The van der Waals surface area contributed by atoms with Crippen molar-refractivity contribution >= 4 is 22.8 Å². The lowest BCUT2D eigenvalue weighted by Crippen LogP contribution is -2.44. The van der Waals surface area contributed by atoms with Gasteiger partial charge >= 0.3 is 12.0 Å². The molecular formula is C44H49N3O6. The molecule has 1 aliphatic rings. The molecule has 6 rings (SSSR count). The summed E-state index contributed by atoms with van der Waals surface area (Å²) < 4.78 is 18.4. The third-order valence-corrected chi connectivity index (χ3v) is 10.1. The zero-order valence-corrected chi connectivity index (χ0v) is 30.8. The summed E-state index contributed by atoms with van der Waals surface area (Å²) in [5.41, 5.74) is 7.03. The summed E-state index contributed by atoms with van der Waals surface area (Å²) in [5.74, 6) is -0.423. The average molecular weight is 716 g/mol. The van der Waals surface area contributed by atoms with Gasteiger partial charge in [-0.05, 0) is 77.2 Å². The van der Waals surface area contributed by atoms with Crippen molar-refractivity contribution in [3.8, 4) is 11.1 Å². The lowest BCUT2D eigenvalue weighted by molar-refractivity contribution is -0.276. The molecule has 1 heterocycles. The van der Waals surface area contributed by atoms with Gasteiger partial charge in [-0.15, -0.1) is 0 Å². The summed E-state index contributed by atoms with van der Waals surface area (Å²) in [6.07, 6.45) is -0.919. The van der Waals surface area contributed by atoms with Gasteiger partial charge in [0.25, 0.3) is 0 Å². The molecule has 53 heavy (non-hydrogen) atoms. The molecule has 1 aliphatic heterocycles. The fraction of sp³-hybridized carbons (Fsp3) is 0.318. The summed E-state index contributed by atoms with van der Waals surface area (Å²) in [6.45, 7) is 7.23. The fourth-order valence-corrected chi connectivity index (χ4v) is 6.80. The quantitative estimate of drug-likeness (QED) is 0.107. The monoisotopic (exact) mass is 715 g/mol. The van der Waals surface area contributed by atoms with E-state index >= 15 is 0 Å². The molecule has 0 unspecified atom stereocenters. The van der Waals surface area contributed by atoms with Crippen LogP contribution in [0.4, 0.5) is 4.79 Å². The van der Waals surface area contributed by atoms with E-state index in [1.54, 1.807) is 6.92 Å². The number of hydrogen-bond acceptors (Lipinski definition) is 7. The number of fused-ring (bicyclic) bond motifs is 1. The molecular weight excluding hydrogens is 666 g/mol. The van der Waals surface area contributed by atoms with E-state index in [9.17, 15) is 14.7 Å². The van der Waals surface area contributed by atoms with Crippen LogP contribution in [0.2, 0.25) is 0 Å². The van der Waals surface area contributed by atoms with Crippen LogP contribution in [0, 0.1) is 5.92 Å². The van der Waals surface area contributed by atoms with Gasteiger partial charge in [0.1, 0.15) is 6.54 Å². The zero-order chi connectivity index (χ0) is 37.3. The molecule has 5 aromatic rings. The molecule has 1 saturated heterocycles. The Labute approximate surface area is 311 Å². The summed E-state index contributed by atoms with van der Waals surface area (Å²) in [6, 6.07) is 39.0. The molecule has 0 aromatic heterocycles. The molecule has 0 aliphatic carbocycles. The third-order valence-electron chi connectivity index (χ3n) is 10.1. The molecule has 5 aromatic carbocycles. The van der Waals surface area contributed by atoms with Crippen LogP contribution in [0.5, 0.6) is 0 Å². The van der Waals surface area contributed by atoms with E-state index < -0.39 is 18.3 Å². The predicted octanol–water partition coefficient (Wildman–Crippen LogP) is 7.85. The van der Waals surface area contributed by atoms with Crippen molar-refractivity contribution in [1.29, 1.82) is 0 Å². The van der Waals surface area contributed by atoms with E-state index in [1.165, 1.54) is 16.3 Å². The van der Waals surface area contributed by atoms with Crippen LogP contribution in [0.15, 0.2) is 115 Å². The van der Waals surface area contributed by atoms with Crippen LogP contribution in [0.25, 0.3) is 21.9 Å². The summed E-state index contributed by atoms with van der Waals surface area (Å²) in [4.78, 5) is 26.1. The topological polar surface area (TPSA) is 109 Å². The van der Waals surface area contributed by atoms with Crippen molar-refractivity contribution in [2.45, 2.75) is 58.5 Å². The largest absolute Gasteiger partial charge is 0.465 e. The highest BCUT2D eigenvalue weighted by atomic mass is 16.7. The minimum absolute atomic E-state index is 0.00853. The molecule has 2 amide bonds. The molecule has 5 atom stereocenters. The second-order valence-corrected chi connectivity index (χ2v) is 13.7. The lowest BCUT2D eigenvalue weighted by atomic mass is 9.89. The number of ether oxygens (including phenoxy) is 3. The number of benzene rings is 5. The first-order chi connectivity index (χ1) is 25.7. The molecule has 0 saturated carbocycles. The van der Waals surface area contributed by atoms with Gasteiger partial charge in [-0.1, -0.05) is 110 Å². The Bertz CT molecular complexity index is 1980. The number of aliphatic hydroxyl groups is 1. The number of nitrogens with zero attached hydrogens (tertiary/aromatic N) is 1. The minimum Gasteiger partial charge on any atom is -0.465 e. The molecule has 0 radical (unpaired) electrons. The second-order valence-electron chi connectivity index (χ2n) is 13.7. The highest BCUT2D eigenvalue weighted by Crippen LogP contribution is 2.42. The SMILES string of the molecule is CCOC(=O)CNC(=O)NCc1cccc(-c2ccc([C@@H]3O[C@H](CN(C)[C@H](C)c4ccc5ccccc5c4)[C@H](C)[C@H](c4ccc(CO)cc4)O3)cc2)c1. The number of rotatable bonds is 13. The second kappa shape index (κ2) is 17.6. The predicted molar refractivity (Wildman–Crippen MR) is 207 cm³/mol. The number of esters is 1. The summed E-state index contributed by atoms with van der Waals surface area (Å²) in [7, 11) is 2.15. The first-order valence-corrected chi connectivity index (χ1v) is 18.3. The number of aliphatic hydroxyl groups excluding tert-OH is 1. The van der Waals surface area contributed by atoms with E-state index in [-0.39, 0.29) is 43.9 Å². The van der Waals surface area contributed by atoms with Crippen molar-refractivity contribution in [3.63, 3.8) is 0 Å². The van der Waals surface area contributed by atoms with Gasteiger partial charge in [-0.25, -0.2) is 4.79 Å². The highest BCUT2D eigenvalue weighted by molar-refractivity contribution is 5.83. The van der Waals surface area contributed by atoms with Crippen molar-refractivity contribution in [2.24, 2.45) is 5.92 Å². The number of amides is 2. The number of hydrogen-bond donors (Lipinski definition) is 3. The van der Waals surface area contributed by atoms with Gasteiger partial charge in [0.05, 0.1) is 25.4 Å². The summed E-state index contributed by atoms with van der Waals surface area (Å²) >= 11 is 0. The normalized spacial score (nSPS) is 19.1. The van der Waals surface area contributed by atoms with Crippen molar-refractivity contribution in [2.75, 3.05) is 26.7 Å². The van der Waals surface area contributed by atoms with Gasteiger partial charge in [-0.3, -0.25) is 9.69 Å². The number of nitrogens with one attached hydrogen (secondary N) is 2. The maximum Gasteiger partial charge on any atom is 0.325 e. The van der Waals surface area contributed by atoms with E-state index in [4.69, 9.17) is 14.2 Å². The average Bonchev–Trinajstić information content (AvgIpc) is 3.20. The molecule has 3 N–H and O–H groups in total. The van der Waals surface area contributed by atoms with Crippen molar-refractivity contribution in [1.82, 2.24) is 15.5 Å². The first kappa shape index (κ1) is 37.7. The standard InChI is InChI=1S/C44H49N3O6/c1-5-51-41(49)26-46-44(50)45-25-32-9-8-12-38(23-32)34-17-20-36(21-18-34)43-52-40(29(2)42(53-43)35-15-13-31(28-48)14-16-35)27-47(4)30(3)37-22-19-33-10-6-7-11-39(33)24-37/h6-24,29-30,40,42-43,48H,5,25-28H2,1-4H3,(H2,45,46,50)/t29-,30+,40+,42+,43+/m0/s1. The van der Waals surface area contributed by atoms with Crippen LogP contribution in [-0.2, 0) is 32.2 Å². The van der Waals surface area contributed by atoms with Gasteiger partial charge in [0.2, 0.25) is 0 Å². The maximum absolute atomic E-state index is 12.2. The van der Waals surface area contributed by atoms with Crippen LogP contribution >= 0.6 is 0 Å². The fourth-order valence-electron chi connectivity index (χ4n) is 6.80.